The molecule has 1 rings (SSSR count). The van der Waals surface area contributed by atoms with E-state index < -0.39 is 0 Å². The molecule has 0 radical (unpaired) electrons. The van der Waals surface area contributed by atoms with Crippen LogP contribution < -0.4 is 0 Å². The fraction of sp³-hybridized carbons (Fsp3) is 0.700. The van der Waals surface area contributed by atoms with E-state index in [9.17, 15) is 0 Å². The molecule has 1 heterocycles. The minimum absolute atomic E-state index is 0.179. The number of hydrogen-bond donors (Lipinski definition) is 1. The van der Waals surface area contributed by atoms with Gasteiger partial charge in [-0.15, -0.1) is 0 Å². The van der Waals surface area contributed by atoms with E-state index in [-0.39, 0.29) is 6.10 Å². The number of aromatic nitrogens is 2. The quantitative estimate of drug-likeness (QED) is 0.751. The van der Waals surface area contributed by atoms with Gasteiger partial charge in [0.25, 0.3) is 0 Å². The van der Waals surface area contributed by atoms with Gasteiger partial charge in [0.15, 0.2) is 0 Å². The molecular formula is C10H18N2O. The van der Waals surface area contributed by atoms with Crippen molar-refractivity contribution in [3.63, 3.8) is 0 Å². The van der Waals surface area contributed by atoms with E-state index >= 15 is 0 Å². The van der Waals surface area contributed by atoms with E-state index in [2.05, 4.69) is 18.2 Å². The average Bonchev–Trinajstić information content (AvgIpc) is 2.52. The number of aliphatic hydroxyl groups is 1. The summed E-state index contributed by atoms with van der Waals surface area (Å²) in [5.41, 5.74) is 1.27. The Hall–Kier alpha value is -0.830. The standard InChI is InChI=1S/C10H18N2O/c1-3-12-8-10(7-11-12)6-4-5-9(2)13/h7-9,13H,3-6H2,1-2H3. The Balaban J connectivity index is 2.28. The summed E-state index contributed by atoms with van der Waals surface area (Å²) >= 11 is 0. The predicted molar refractivity (Wildman–Crippen MR) is 52.5 cm³/mol. The maximum atomic E-state index is 9.06. The van der Waals surface area contributed by atoms with E-state index in [1.54, 1.807) is 0 Å². The first-order valence-corrected chi connectivity index (χ1v) is 4.91. The minimum Gasteiger partial charge on any atom is -0.393 e. The highest BCUT2D eigenvalue weighted by Gasteiger charge is 1.99. The largest absolute Gasteiger partial charge is 0.393 e. The Morgan fingerprint density at radius 3 is 2.92 bits per heavy atom. The first-order chi connectivity index (χ1) is 6.22. The normalized spacial score (nSPS) is 13.2. The fourth-order valence-electron chi connectivity index (χ4n) is 1.31. The predicted octanol–water partition coefficient (Wildman–Crippen LogP) is 1.61. The number of rotatable bonds is 5. The van der Waals surface area contributed by atoms with Crippen molar-refractivity contribution in [2.75, 3.05) is 0 Å². The molecule has 1 atom stereocenters. The summed E-state index contributed by atoms with van der Waals surface area (Å²) in [6, 6.07) is 0. The third kappa shape index (κ3) is 3.59. The van der Waals surface area contributed by atoms with Crippen LogP contribution in [0.1, 0.15) is 32.3 Å². The van der Waals surface area contributed by atoms with Crippen molar-refractivity contribution in [2.45, 2.75) is 45.8 Å². The van der Waals surface area contributed by atoms with E-state index in [4.69, 9.17) is 5.11 Å². The Labute approximate surface area is 79.4 Å². The molecule has 0 aliphatic carbocycles. The van der Waals surface area contributed by atoms with Gasteiger partial charge in [0.05, 0.1) is 12.3 Å². The monoisotopic (exact) mass is 182 g/mol. The lowest BCUT2D eigenvalue weighted by molar-refractivity contribution is 0.182. The molecule has 0 saturated carbocycles. The summed E-state index contributed by atoms with van der Waals surface area (Å²) in [4.78, 5) is 0. The first-order valence-electron chi connectivity index (χ1n) is 4.91. The number of nitrogens with zero attached hydrogens (tertiary/aromatic N) is 2. The minimum atomic E-state index is -0.179. The van der Waals surface area contributed by atoms with Crippen LogP contribution in [0, 0.1) is 0 Å². The van der Waals surface area contributed by atoms with Gasteiger partial charge in [-0.3, -0.25) is 4.68 Å². The second kappa shape index (κ2) is 5.02. The van der Waals surface area contributed by atoms with Gasteiger partial charge in [0, 0.05) is 12.7 Å². The molecule has 3 nitrogen and oxygen atoms in total. The summed E-state index contributed by atoms with van der Waals surface area (Å²) in [5.74, 6) is 0. The van der Waals surface area contributed by atoms with E-state index in [1.807, 2.05) is 17.8 Å². The fourth-order valence-corrected chi connectivity index (χ4v) is 1.31. The Morgan fingerprint density at radius 2 is 2.38 bits per heavy atom. The zero-order valence-electron chi connectivity index (χ0n) is 8.40. The Kier molecular flexibility index (Phi) is 3.96. The van der Waals surface area contributed by atoms with Gasteiger partial charge in [-0.2, -0.15) is 5.10 Å². The van der Waals surface area contributed by atoms with Gasteiger partial charge in [-0.1, -0.05) is 0 Å². The molecule has 0 spiro atoms. The molecule has 0 bridgehead atoms. The molecule has 0 aliphatic rings. The van der Waals surface area contributed by atoms with Gasteiger partial charge in [-0.05, 0) is 38.7 Å². The SMILES string of the molecule is CCn1cc(CCCC(C)O)cn1. The van der Waals surface area contributed by atoms with Crippen LogP contribution in [0.25, 0.3) is 0 Å². The summed E-state index contributed by atoms with van der Waals surface area (Å²) in [6.45, 7) is 4.83. The zero-order chi connectivity index (χ0) is 9.68. The lowest BCUT2D eigenvalue weighted by Gasteiger charge is -2.01. The maximum absolute atomic E-state index is 9.06. The van der Waals surface area contributed by atoms with Crippen molar-refractivity contribution in [2.24, 2.45) is 0 Å². The van der Waals surface area contributed by atoms with Crippen LogP contribution in [0.3, 0.4) is 0 Å². The summed E-state index contributed by atoms with van der Waals surface area (Å²) in [5, 5.41) is 13.2. The van der Waals surface area contributed by atoms with Gasteiger partial charge in [0.2, 0.25) is 0 Å². The van der Waals surface area contributed by atoms with E-state index in [0.29, 0.717) is 0 Å². The first kappa shape index (κ1) is 10.3. The van der Waals surface area contributed by atoms with Crippen molar-refractivity contribution < 1.29 is 5.11 Å². The molecule has 0 aromatic carbocycles. The highest BCUT2D eigenvalue weighted by Crippen LogP contribution is 2.05. The molecule has 0 saturated heterocycles. The van der Waals surface area contributed by atoms with Crippen LogP contribution in [-0.2, 0) is 13.0 Å². The van der Waals surface area contributed by atoms with E-state index in [1.165, 1.54) is 5.56 Å². The van der Waals surface area contributed by atoms with Gasteiger partial charge in [0.1, 0.15) is 0 Å². The number of aliphatic hydroxyl groups excluding tert-OH is 1. The molecule has 1 N–H and O–H groups in total. The van der Waals surface area contributed by atoms with Crippen LogP contribution in [0.2, 0.25) is 0 Å². The smallest absolute Gasteiger partial charge is 0.0521 e. The molecule has 13 heavy (non-hydrogen) atoms. The topological polar surface area (TPSA) is 38.0 Å². The van der Waals surface area contributed by atoms with Crippen LogP contribution in [0.4, 0.5) is 0 Å². The summed E-state index contributed by atoms with van der Waals surface area (Å²) in [7, 11) is 0. The Morgan fingerprint density at radius 1 is 1.62 bits per heavy atom. The molecule has 1 unspecified atom stereocenters. The van der Waals surface area contributed by atoms with Crippen LogP contribution in [0.5, 0.6) is 0 Å². The molecule has 0 aliphatic heterocycles. The number of hydrogen-bond acceptors (Lipinski definition) is 2. The lowest BCUT2D eigenvalue weighted by Crippen LogP contribution is -1.99. The molecule has 1 aromatic heterocycles. The van der Waals surface area contributed by atoms with Crippen LogP contribution in [0.15, 0.2) is 12.4 Å². The molecule has 3 heteroatoms. The third-order valence-electron chi connectivity index (χ3n) is 2.10. The summed E-state index contributed by atoms with van der Waals surface area (Å²) < 4.78 is 1.93. The second-order valence-corrected chi connectivity index (χ2v) is 3.45. The molecule has 0 fully saturated rings. The average molecular weight is 182 g/mol. The molecule has 1 aromatic rings. The third-order valence-corrected chi connectivity index (χ3v) is 2.10. The Bertz CT molecular complexity index is 243. The zero-order valence-corrected chi connectivity index (χ0v) is 8.40. The highest BCUT2D eigenvalue weighted by atomic mass is 16.3. The lowest BCUT2D eigenvalue weighted by atomic mass is 10.1. The van der Waals surface area contributed by atoms with Crippen molar-refractivity contribution in [3.8, 4) is 0 Å². The number of aryl methyl sites for hydroxylation is 2. The van der Waals surface area contributed by atoms with Gasteiger partial charge < -0.3 is 5.11 Å². The van der Waals surface area contributed by atoms with Crippen molar-refractivity contribution >= 4 is 0 Å². The maximum Gasteiger partial charge on any atom is 0.0521 e. The van der Waals surface area contributed by atoms with Gasteiger partial charge in [-0.25, -0.2) is 0 Å². The summed E-state index contributed by atoms with van der Waals surface area (Å²) in [6.07, 6.45) is 6.73. The van der Waals surface area contributed by atoms with Crippen molar-refractivity contribution in [1.29, 1.82) is 0 Å². The second-order valence-electron chi connectivity index (χ2n) is 3.45. The van der Waals surface area contributed by atoms with Crippen LogP contribution in [-0.4, -0.2) is 21.0 Å². The van der Waals surface area contributed by atoms with Crippen molar-refractivity contribution in [1.82, 2.24) is 9.78 Å². The van der Waals surface area contributed by atoms with E-state index in [0.717, 1.165) is 25.8 Å². The van der Waals surface area contributed by atoms with Crippen molar-refractivity contribution in [3.05, 3.63) is 18.0 Å². The van der Waals surface area contributed by atoms with Crippen LogP contribution >= 0.6 is 0 Å². The molecular weight excluding hydrogens is 164 g/mol. The van der Waals surface area contributed by atoms with Gasteiger partial charge >= 0.3 is 0 Å². The highest BCUT2D eigenvalue weighted by molar-refractivity contribution is 5.03. The molecule has 74 valence electrons. The molecule has 0 amide bonds.